The third-order valence-corrected chi connectivity index (χ3v) is 22.9. The van der Waals surface area contributed by atoms with Crippen LogP contribution in [0.1, 0.15) is 120 Å². The number of unbranched alkanes of at least 4 members (excludes halogenated alkanes) is 1. The van der Waals surface area contributed by atoms with Crippen molar-refractivity contribution in [3.8, 4) is 11.1 Å². The molecule has 1 unspecified atom stereocenters. The van der Waals surface area contributed by atoms with Gasteiger partial charge in [-0.25, -0.2) is 19.2 Å². The Morgan fingerprint density at radius 1 is 0.556 bits per heavy atom. The van der Waals surface area contributed by atoms with Crippen molar-refractivity contribution in [3.05, 3.63) is 197 Å². The normalized spacial score (nSPS) is 18.8. The van der Waals surface area contributed by atoms with Crippen molar-refractivity contribution in [2.75, 3.05) is 43.1 Å². The molecular formula is C88H111N15O19S2. The first kappa shape index (κ1) is 95.6. The molecule has 2 heterocycles. The van der Waals surface area contributed by atoms with Crippen molar-refractivity contribution in [3.63, 3.8) is 0 Å². The molecule has 1 fully saturated rings. The van der Waals surface area contributed by atoms with Crippen molar-refractivity contribution < 1.29 is 91.9 Å². The summed E-state index contributed by atoms with van der Waals surface area (Å²) >= 11 is 0. The van der Waals surface area contributed by atoms with Crippen molar-refractivity contribution in [2.24, 2.45) is 11.7 Å². The minimum Gasteiger partial charge on any atom is -0.449 e. The summed E-state index contributed by atoms with van der Waals surface area (Å²) in [4.78, 5) is 188. The Morgan fingerprint density at radius 3 is 1.78 bits per heavy atom. The first-order chi connectivity index (χ1) is 59.3. The molecule has 36 heteroatoms. The van der Waals surface area contributed by atoms with Gasteiger partial charge in [-0.2, -0.15) is 0 Å². The molecule has 14 amide bonds. The van der Waals surface area contributed by atoms with Crippen LogP contribution in [0.15, 0.2) is 164 Å². The second kappa shape index (κ2) is 46.8. The van der Waals surface area contributed by atoms with Crippen LogP contribution in [0.25, 0.3) is 22.0 Å². The number of nitrogens with one attached hydrogen (secondary N) is 14. The number of rotatable bonds is 33. The van der Waals surface area contributed by atoms with E-state index in [1.165, 1.54) is 26.0 Å². The topological polar surface area (TPSA) is 508 Å². The first-order valence-electron chi connectivity index (χ1n) is 41.0. The lowest BCUT2D eigenvalue weighted by Gasteiger charge is -2.29. The van der Waals surface area contributed by atoms with E-state index in [-0.39, 0.29) is 94.2 Å². The van der Waals surface area contributed by atoms with Crippen LogP contribution in [-0.2, 0) is 83.2 Å². The fourth-order valence-corrected chi connectivity index (χ4v) is 16.2. The zero-order valence-electron chi connectivity index (χ0n) is 70.0. The van der Waals surface area contributed by atoms with Crippen LogP contribution in [-0.4, -0.2) is 214 Å². The number of ether oxygens (including phenoxy) is 3. The maximum absolute atomic E-state index is 15.4. The van der Waals surface area contributed by atoms with Crippen LogP contribution in [0.3, 0.4) is 0 Å². The second-order valence-corrected chi connectivity index (χ2v) is 34.2. The van der Waals surface area contributed by atoms with Gasteiger partial charge in [0.2, 0.25) is 53.2 Å². The number of fused-ring (bicyclic) bond motifs is 4. The number of aromatic amines is 1. The lowest BCUT2D eigenvalue weighted by molar-refractivity contribution is -0.136. The van der Waals surface area contributed by atoms with Gasteiger partial charge in [0.1, 0.15) is 73.2 Å². The molecule has 19 N–H and O–H groups in total. The third kappa shape index (κ3) is 29.2. The summed E-state index contributed by atoms with van der Waals surface area (Å²) in [5, 5.41) is 67.4. The minimum atomic E-state index is -1.82. The number of anilines is 1. The predicted octanol–water partition coefficient (Wildman–Crippen LogP) is 5.16. The predicted molar refractivity (Wildman–Crippen MR) is 467 cm³/mol. The van der Waals surface area contributed by atoms with Gasteiger partial charge < -0.3 is 109 Å². The van der Waals surface area contributed by atoms with E-state index in [2.05, 4.69) is 74.1 Å². The summed E-state index contributed by atoms with van der Waals surface area (Å²) < 4.78 is 16.8. The number of para-hydroxylation sites is 1. The van der Waals surface area contributed by atoms with Crippen LogP contribution in [0.4, 0.5) is 24.9 Å². The molecule has 0 radical (unpaired) electrons. The van der Waals surface area contributed by atoms with E-state index in [1.807, 2.05) is 48.5 Å². The molecule has 2 aliphatic rings. The summed E-state index contributed by atoms with van der Waals surface area (Å²) in [6, 6.07) is 30.6. The Balaban J connectivity index is 0.942. The molecule has 6 aromatic carbocycles. The van der Waals surface area contributed by atoms with E-state index >= 15 is 19.2 Å². The van der Waals surface area contributed by atoms with E-state index in [1.54, 1.807) is 138 Å². The Bertz CT molecular complexity index is 4780. The highest BCUT2D eigenvalue weighted by Gasteiger charge is 2.39. The highest BCUT2D eigenvalue weighted by Crippen LogP contribution is 2.44. The molecule has 34 nitrogen and oxygen atoms in total. The number of carbonyl (C=O) groups is 13. The lowest BCUT2D eigenvalue weighted by atomic mass is 9.98. The SMILES string of the molecule is CC(C)[C@H](NC(=O)OCC1c2ccccc2-c2ccccc21)C(=O)N[C@@H](CCCNC(N)=O)C(=O)Nc1ccc(COC(=O)N[C@H](Cc2ccccc2)C(=O)N[C@H]2CSSC[C@@H](C(=O)N[C@H](CO)[C@@H](C)O)NC(=O)C([C@@H](C)O)NC(=O)[C@H](CCCCNC(=O)OC(C)(C)C)NC(=O)[C@@H](Cc3c[nH]c4ccccc34)NC(=O)[C@H](Cc3ccccc3)NC2=O)cc1. The number of urea groups is 1. The van der Waals surface area contributed by atoms with Crippen LogP contribution >= 0.6 is 21.6 Å². The number of alkyl carbamates (subject to hydrolysis) is 3. The molecule has 0 bridgehead atoms. The summed E-state index contributed by atoms with van der Waals surface area (Å²) in [5.41, 5.74) is 11.5. The van der Waals surface area contributed by atoms with Gasteiger partial charge in [-0.3, -0.25) is 43.2 Å². The van der Waals surface area contributed by atoms with Gasteiger partial charge in [-0.15, -0.1) is 0 Å². The average molecular weight is 1750 g/mol. The van der Waals surface area contributed by atoms with Crippen LogP contribution in [0.2, 0.25) is 0 Å². The number of aliphatic hydroxyl groups excluding tert-OH is 3. The standard InChI is InChI=1S/C88H111N15O19S2/c1-50(2)73(103-87(119)121-47-63-61-30-16-14-28-59(61)60-29-15-17-31-62(60)63)82(114)95-66(34-22-40-90-84(89)116)75(107)93-57-37-35-55(36-38-57)46-120-86(118)101-68(42-54-25-12-9-13-26-54)78(110)99-71-48-123-124-49-72(81(113)98-70(45-104)51(3)105)100-83(115)74(52(4)106)102-76(108)65(33-20-21-39-91-85(117)122-88(5,6)7)94-79(111)69(43-56-44-92-64-32-19-18-27-58(56)64)97-77(109)67(96-80(71)112)41-53-23-10-8-11-24-53/h8-19,23-32,35-38,44,50-52,63,65-74,92,104-106H,20-22,33-34,39-43,45-49H2,1-7H3,(H,91,117)(H,93,107)(H,94,111)(H,95,114)(H,96,112)(H,97,109)(H,98,113)(H,99,110)(H,100,115)(H,101,118)(H,102,108)(H,103,119)(H3,89,90,116)/t51-,52-,65+,66+,67+,68-,69-,70-,71+,72+,73+,74?/m1/s1. The quantitative estimate of drug-likeness (QED) is 0.0143. The lowest BCUT2D eigenvalue weighted by Crippen LogP contribution is -2.62. The van der Waals surface area contributed by atoms with Gasteiger partial charge >= 0.3 is 24.3 Å². The van der Waals surface area contributed by atoms with Crippen molar-refractivity contribution in [2.45, 2.75) is 191 Å². The molecular weight excluding hydrogens is 1640 g/mol. The molecule has 1 aromatic heterocycles. The number of hydrogen-bond acceptors (Lipinski definition) is 21. The van der Waals surface area contributed by atoms with Crippen molar-refractivity contribution in [1.29, 1.82) is 0 Å². The zero-order valence-corrected chi connectivity index (χ0v) is 71.7. The number of amides is 14. The monoisotopic (exact) mass is 1750 g/mol. The summed E-state index contributed by atoms with van der Waals surface area (Å²) in [7, 11) is 1.82. The molecule has 12 atom stereocenters. The number of nitrogens with two attached hydrogens (primary N) is 1. The molecule has 664 valence electrons. The number of aliphatic hydroxyl groups is 3. The molecule has 124 heavy (non-hydrogen) atoms. The Hall–Kier alpha value is -12.3. The van der Waals surface area contributed by atoms with Crippen LogP contribution in [0.5, 0.6) is 0 Å². The van der Waals surface area contributed by atoms with Gasteiger partial charge in [0.25, 0.3) is 0 Å². The van der Waals surface area contributed by atoms with Crippen LogP contribution < -0.4 is 74.9 Å². The van der Waals surface area contributed by atoms with Crippen molar-refractivity contribution >= 4 is 116 Å². The smallest absolute Gasteiger partial charge is 0.408 e. The number of aromatic nitrogens is 1. The number of benzene rings is 6. The molecule has 1 aliphatic heterocycles. The molecule has 0 saturated carbocycles. The first-order valence-corrected chi connectivity index (χ1v) is 43.5. The highest BCUT2D eigenvalue weighted by molar-refractivity contribution is 8.76. The number of hydrogen-bond donors (Lipinski definition) is 18. The van der Waals surface area contributed by atoms with Gasteiger partial charge in [0.05, 0.1) is 24.9 Å². The van der Waals surface area contributed by atoms with Gasteiger partial charge in [0.15, 0.2) is 0 Å². The summed E-state index contributed by atoms with van der Waals surface area (Å²) in [6.45, 7) is 10.0. The maximum atomic E-state index is 15.4. The fourth-order valence-electron chi connectivity index (χ4n) is 13.9. The highest BCUT2D eigenvalue weighted by atomic mass is 33.1. The number of primary amides is 1. The largest absolute Gasteiger partial charge is 0.449 e. The van der Waals surface area contributed by atoms with Gasteiger partial charge in [0, 0.05) is 72.6 Å². The van der Waals surface area contributed by atoms with Crippen molar-refractivity contribution in [1.82, 2.24) is 68.8 Å². The van der Waals surface area contributed by atoms with E-state index in [9.17, 15) is 58.5 Å². The molecule has 7 aromatic rings. The van der Waals surface area contributed by atoms with Gasteiger partial charge in [-0.05, 0) is 135 Å². The van der Waals surface area contributed by atoms with E-state index < -0.39 is 175 Å². The summed E-state index contributed by atoms with van der Waals surface area (Å²) in [6.07, 6.45) is -4.11. The van der Waals surface area contributed by atoms with E-state index in [4.69, 9.17) is 19.9 Å². The Labute approximate surface area is 726 Å². The van der Waals surface area contributed by atoms with Crippen LogP contribution in [0, 0.1) is 5.92 Å². The minimum absolute atomic E-state index is 0.0115. The average Bonchev–Trinajstić information content (AvgIpc) is 1.61. The third-order valence-electron chi connectivity index (χ3n) is 20.5. The van der Waals surface area contributed by atoms with E-state index in [0.29, 0.717) is 33.2 Å². The number of H-pyrrole nitrogens is 1. The fraction of sp³-hybridized carbons (Fsp3) is 0.420. The molecule has 1 aliphatic carbocycles. The molecule has 9 rings (SSSR count). The Kier molecular flexibility index (Phi) is 36.1. The second-order valence-electron chi connectivity index (χ2n) is 31.7. The molecule has 0 spiro atoms. The van der Waals surface area contributed by atoms with E-state index in [0.717, 1.165) is 43.8 Å². The molecule has 1 saturated heterocycles. The maximum Gasteiger partial charge on any atom is 0.408 e. The number of carbonyl (C=O) groups excluding carboxylic acids is 13. The zero-order chi connectivity index (χ0) is 89.6. The Morgan fingerprint density at radius 2 is 1.15 bits per heavy atom. The van der Waals surface area contributed by atoms with Gasteiger partial charge in [-0.1, -0.05) is 175 Å². The summed E-state index contributed by atoms with van der Waals surface area (Å²) in [5.74, 6) is -9.48.